The molecule has 1 N–H and O–H groups in total. The van der Waals surface area contributed by atoms with Crippen LogP contribution in [-0.4, -0.2) is 9.55 Å². The van der Waals surface area contributed by atoms with Gasteiger partial charge in [-0.25, -0.2) is 0 Å². The second kappa shape index (κ2) is 4.67. The molecule has 2 aromatic rings. The third-order valence-electron chi connectivity index (χ3n) is 2.83. The number of nitrogens with one attached hydrogen (secondary N) is 1. The van der Waals surface area contributed by atoms with E-state index in [1.165, 1.54) is 11.3 Å². The van der Waals surface area contributed by atoms with E-state index in [1.54, 1.807) is 0 Å². The lowest BCUT2D eigenvalue weighted by atomic mass is 9.92. The Kier molecular flexibility index (Phi) is 3.52. The standard InChI is InChI=1S/C14H17BrN2S/c1-9-5-10(15)7-11(6-9)17-12(14(2,3)4)8-16-13(17)18/h5-8H,1-4H3,(H,16,18). The Morgan fingerprint density at radius 3 is 2.44 bits per heavy atom. The molecule has 0 aliphatic heterocycles. The van der Waals surface area contributed by atoms with Crippen molar-refractivity contribution < 1.29 is 0 Å². The second-order valence-corrected chi connectivity index (χ2v) is 6.85. The highest BCUT2D eigenvalue weighted by Crippen LogP contribution is 2.27. The average Bonchev–Trinajstić information content (AvgIpc) is 2.57. The third-order valence-corrected chi connectivity index (χ3v) is 3.59. The Balaban J connectivity index is 2.71. The van der Waals surface area contributed by atoms with E-state index in [-0.39, 0.29) is 5.41 Å². The van der Waals surface area contributed by atoms with Crippen molar-refractivity contribution in [2.45, 2.75) is 33.1 Å². The summed E-state index contributed by atoms with van der Waals surface area (Å²) >= 11 is 8.94. The zero-order valence-corrected chi connectivity index (χ0v) is 13.4. The SMILES string of the molecule is Cc1cc(Br)cc(-n2c(C(C)(C)C)c[nH]c2=S)c1. The van der Waals surface area contributed by atoms with E-state index in [4.69, 9.17) is 12.2 Å². The molecule has 1 heterocycles. The number of nitrogens with zero attached hydrogens (tertiary/aromatic N) is 1. The van der Waals surface area contributed by atoms with E-state index < -0.39 is 0 Å². The molecule has 1 aromatic carbocycles. The van der Waals surface area contributed by atoms with Gasteiger partial charge in [0.15, 0.2) is 4.77 Å². The number of rotatable bonds is 1. The predicted octanol–water partition coefficient (Wildman–Crippen LogP) is 4.90. The van der Waals surface area contributed by atoms with Crippen LogP contribution in [0.5, 0.6) is 0 Å². The van der Waals surface area contributed by atoms with Gasteiger partial charge in [-0.1, -0.05) is 36.7 Å². The Bertz CT molecular complexity index is 612. The fraction of sp³-hybridized carbons (Fsp3) is 0.357. The quantitative estimate of drug-likeness (QED) is 0.739. The highest BCUT2D eigenvalue weighted by Gasteiger charge is 2.20. The molecule has 1 aromatic heterocycles. The van der Waals surface area contributed by atoms with Crippen LogP contribution in [0.15, 0.2) is 28.9 Å². The molecule has 2 rings (SSSR count). The van der Waals surface area contributed by atoms with Gasteiger partial charge in [-0.3, -0.25) is 4.57 Å². The lowest BCUT2D eigenvalue weighted by Crippen LogP contribution is -2.16. The summed E-state index contributed by atoms with van der Waals surface area (Å²) in [5, 5.41) is 0. The maximum atomic E-state index is 5.40. The average molecular weight is 325 g/mol. The van der Waals surface area contributed by atoms with Crippen LogP contribution < -0.4 is 0 Å². The molecule has 0 bridgehead atoms. The molecule has 0 saturated heterocycles. The van der Waals surface area contributed by atoms with Crippen LogP contribution in [-0.2, 0) is 5.41 Å². The van der Waals surface area contributed by atoms with Gasteiger partial charge in [0.1, 0.15) is 0 Å². The molecule has 0 amide bonds. The normalized spacial score (nSPS) is 11.8. The van der Waals surface area contributed by atoms with Gasteiger partial charge in [0.05, 0.1) is 0 Å². The molecule has 0 aliphatic carbocycles. The van der Waals surface area contributed by atoms with Crippen LogP contribution in [0.1, 0.15) is 32.0 Å². The van der Waals surface area contributed by atoms with Crippen molar-refractivity contribution >= 4 is 28.1 Å². The highest BCUT2D eigenvalue weighted by molar-refractivity contribution is 9.10. The number of halogens is 1. The number of aromatic nitrogens is 2. The topological polar surface area (TPSA) is 20.7 Å². The summed E-state index contributed by atoms with van der Waals surface area (Å²) in [7, 11) is 0. The summed E-state index contributed by atoms with van der Waals surface area (Å²) in [4.78, 5) is 3.14. The Morgan fingerprint density at radius 2 is 1.89 bits per heavy atom. The van der Waals surface area contributed by atoms with Crippen LogP contribution in [0.2, 0.25) is 0 Å². The van der Waals surface area contributed by atoms with Crippen LogP contribution >= 0.6 is 28.1 Å². The minimum Gasteiger partial charge on any atom is -0.337 e. The predicted molar refractivity (Wildman–Crippen MR) is 82.1 cm³/mol. The Labute approximate surface area is 121 Å². The van der Waals surface area contributed by atoms with Gasteiger partial charge < -0.3 is 4.98 Å². The maximum Gasteiger partial charge on any atom is 0.182 e. The van der Waals surface area contributed by atoms with Gasteiger partial charge in [-0.2, -0.15) is 0 Å². The second-order valence-electron chi connectivity index (χ2n) is 5.55. The monoisotopic (exact) mass is 324 g/mol. The van der Waals surface area contributed by atoms with Crippen molar-refractivity contribution in [2.75, 3.05) is 0 Å². The number of H-pyrrole nitrogens is 1. The lowest BCUT2D eigenvalue weighted by Gasteiger charge is -2.21. The number of hydrogen-bond acceptors (Lipinski definition) is 1. The van der Waals surface area contributed by atoms with Crippen LogP contribution in [0.25, 0.3) is 5.69 Å². The Hall–Kier alpha value is -0.870. The third kappa shape index (κ3) is 2.59. The number of benzene rings is 1. The van der Waals surface area contributed by atoms with Crippen molar-refractivity contribution in [1.82, 2.24) is 9.55 Å². The molecular formula is C14H17BrN2S. The zero-order valence-electron chi connectivity index (χ0n) is 11.0. The molecule has 0 saturated carbocycles. The highest BCUT2D eigenvalue weighted by atomic mass is 79.9. The van der Waals surface area contributed by atoms with Gasteiger partial charge in [0, 0.05) is 27.5 Å². The molecule has 2 nitrogen and oxygen atoms in total. The van der Waals surface area contributed by atoms with Gasteiger partial charge in [0.25, 0.3) is 0 Å². The summed E-state index contributed by atoms with van der Waals surface area (Å²) in [6.45, 7) is 8.64. The maximum absolute atomic E-state index is 5.40. The van der Waals surface area contributed by atoms with E-state index in [9.17, 15) is 0 Å². The molecule has 0 radical (unpaired) electrons. The molecule has 4 heteroatoms. The smallest absolute Gasteiger partial charge is 0.182 e. The molecule has 0 unspecified atom stereocenters. The van der Waals surface area contributed by atoms with Crippen LogP contribution in [0, 0.1) is 11.7 Å². The molecule has 18 heavy (non-hydrogen) atoms. The van der Waals surface area contributed by atoms with Gasteiger partial charge in [0.2, 0.25) is 0 Å². The van der Waals surface area contributed by atoms with E-state index in [1.807, 2.05) is 6.20 Å². The summed E-state index contributed by atoms with van der Waals surface area (Å²) < 4.78 is 3.91. The van der Waals surface area contributed by atoms with Crippen molar-refractivity contribution in [3.63, 3.8) is 0 Å². The van der Waals surface area contributed by atoms with Crippen LogP contribution in [0.4, 0.5) is 0 Å². The summed E-state index contributed by atoms with van der Waals surface area (Å²) in [6, 6.07) is 6.33. The Morgan fingerprint density at radius 1 is 1.22 bits per heavy atom. The molecule has 0 spiro atoms. The van der Waals surface area contributed by atoms with Crippen molar-refractivity contribution in [3.05, 3.63) is 44.9 Å². The van der Waals surface area contributed by atoms with Gasteiger partial charge >= 0.3 is 0 Å². The summed E-state index contributed by atoms with van der Waals surface area (Å²) in [5.74, 6) is 0. The van der Waals surface area contributed by atoms with E-state index in [0.717, 1.165) is 14.9 Å². The molecule has 0 atom stereocenters. The fourth-order valence-electron chi connectivity index (χ4n) is 2.02. The van der Waals surface area contributed by atoms with E-state index >= 15 is 0 Å². The molecule has 0 fully saturated rings. The first-order chi connectivity index (χ1) is 8.29. The van der Waals surface area contributed by atoms with Crippen molar-refractivity contribution in [3.8, 4) is 5.69 Å². The zero-order chi connectivity index (χ0) is 13.5. The first-order valence-electron chi connectivity index (χ1n) is 5.87. The van der Waals surface area contributed by atoms with Crippen molar-refractivity contribution in [1.29, 1.82) is 0 Å². The van der Waals surface area contributed by atoms with E-state index in [2.05, 4.69) is 71.4 Å². The van der Waals surface area contributed by atoms with Gasteiger partial charge in [-0.05, 0) is 42.9 Å². The minimum absolute atomic E-state index is 0.0454. The number of aromatic amines is 1. The van der Waals surface area contributed by atoms with Crippen LogP contribution in [0.3, 0.4) is 0 Å². The van der Waals surface area contributed by atoms with Gasteiger partial charge in [-0.15, -0.1) is 0 Å². The fourth-order valence-corrected chi connectivity index (χ4v) is 2.88. The molecule has 96 valence electrons. The number of aryl methyl sites for hydroxylation is 1. The number of hydrogen-bond donors (Lipinski definition) is 1. The van der Waals surface area contributed by atoms with Crippen molar-refractivity contribution in [2.24, 2.45) is 0 Å². The molecule has 0 aliphatic rings. The summed E-state index contributed by atoms with van der Waals surface area (Å²) in [6.07, 6.45) is 2.00. The molecular weight excluding hydrogens is 308 g/mol. The lowest BCUT2D eigenvalue weighted by molar-refractivity contribution is 0.555. The largest absolute Gasteiger partial charge is 0.337 e. The first kappa shape index (κ1) is 13.6. The van der Waals surface area contributed by atoms with E-state index in [0.29, 0.717) is 0 Å². The first-order valence-corrected chi connectivity index (χ1v) is 7.07. The minimum atomic E-state index is 0.0454. The number of imidazole rings is 1. The summed E-state index contributed by atoms with van der Waals surface area (Å²) in [5.41, 5.74) is 3.54.